The summed E-state index contributed by atoms with van der Waals surface area (Å²) in [5, 5.41) is 16.5. The van der Waals surface area contributed by atoms with Crippen molar-refractivity contribution in [3.05, 3.63) is 35.5 Å². The van der Waals surface area contributed by atoms with E-state index >= 15 is 0 Å². The van der Waals surface area contributed by atoms with Gasteiger partial charge >= 0.3 is 12.0 Å². The molecular weight excluding hydrogens is 420 g/mol. The molecule has 0 bridgehead atoms. The number of para-hydroxylation sites is 1. The van der Waals surface area contributed by atoms with Gasteiger partial charge in [-0.15, -0.1) is 0 Å². The van der Waals surface area contributed by atoms with Gasteiger partial charge < -0.3 is 25.6 Å². The summed E-state index contributed by atoms with van der Waals surface area (Å²) in [5.74, 6) is -1.46. The number of H-pyrrole nitrogens is 1. The smallest absolute Gasteiger partial charge is 0.326 e. The minimum absolute atomic E-state index is 0.0497. The lowest BCUT2D eigenvalue weighted by Gasteiger charge is -2.39. The van der Waals surface area contributed by atoms with Crippen LogP contribution in [0.25, 0.3) is 10.9 Å². The van der Waals surface area contributed by atoms with Crippen LogP contribution >= 0.6 is 0 Å². The molecular formula is C25H34N4O4. The Bertz CT molecular complexity index is 1030. The topological polar surface area (TPSA) is 115 Å². The Morgan fingerprint density at radius 1 is 1.09 bits per heavy atom. The molecule has 4 N–H and O–H groups in total. The highest BCUT2D eigenvalue weighted by atomic mass is 16.4. The second-order valence-electron chi connectivity index (χ2n) is 9.68. The van der Waals surface area contributed by atoms with Gasteiger partial charge in [-0.25, -0.2) is 9.59 Å². The SMILES string of the molecule is Cc1[nH]c2ccccc2c1C[C@@H](NC(=O)C(NC(=O)N1[C@H](C)CCC[C@@H]1C)C1CC1)C(=O)O. The van der Waals surface area contributed by atoms with E-state index < -0.39 is 24.0 Å². The quantitative estimate of drug-likeness (QED) is 0.514. The molecule has 1 aliphatic heterocycles. The molecule has 2 fully saturated rings. The number of aromatic amines is 1. The van der Waals surface area contributed by atoms with Gasteiger partial charge in [0.2, 0.25) is 5.91 Å². The fraction of sp³-hybridized carbons (Fsp3) is 0.560. The van der Waals surface area contributed by atoms with E-state index in [9.17, 15) is 19.5 Å². The molecule has 3 amide bonds. The van der Waals surface area contributed by atoms with E-state index in [1.807, 2.05) is 49.9 Å². The molecule has 1 aromatic heterocycles. The van der Waals surface area contributed by atoms with Crippen LogP contribution in [0.4, 0.5) is 4.79 Å². The molecule has 2 heterocycles. The monoisotopic (exact) mass is 454 g/mol. The van der Waals surface area contributed by atoms with E-state index in [2.05, 4.69) is 15.6 Å². The second-order valence-corrected chi connectivity index (χ2v) is 9.68. The minimum Gasteiger partial charge on any atom is -0.480 e. The Morgan fingerprint density at radius 2 is 1.76 bits per heavy atom. The van der Waals surface area contributed by atoms with Crippen LogP contribution in [-0.4, -0.2) is 57.1 Å². The molecule has 2 aliphatic rings. The van der Waals surface area contributed by atoms with Crippen molar-refractivity contribution in [2.45, 2.75) is 83.5 Å². The van der Waals surface area contributed by atoms with E-state index in [1.165, 1.54) is 0 Å². The number of hydrogen-bond donors (Lipinski definition) is 4. The molecule has 2 aromatic rings. The number of aryl methyl sites for hydroxylation is 1. The van der Waals surface area contributed by atoms with Crippen LogP contribution in [0, 0.1) is 12.8 Å². The number of carboxylic acids is 1. The van der Waals surface area contributed by atoms with Crippen molar-refractivity contribution in [1.82, 2.24) is 20.5 Å². The van der Waals surface area contributed by atoms with Gasteiger partial charge in [0.05, 0.1) is 0 Å². The maximum absolute atomic E-state index is 13.2. The zero-order chi connectivity index (χ0) is 23.7. The highest BCUT2D eigenvalue weighted by Gasteiger charge is 2.40. The minimum atomic E-state index is -1.09. The second kappa shape index (κ2) is 9.45. The number of carboxylic acid groups (broad SMARTS) is 1. The van der Waals surface area contributed by atoms with E-state index in [0.29, 0.717) is 0 Å². The predicted molar refractivity (Wildman–Crippen MR) is 126 cm³/mol. The largest absolute Gasteiger partial charge is 0.480 e. The Morgan fingerprint density at radius 3 is 2.39 bits per heavy atom. The van der Waals surface area contributed by atoms with E-state index in [-0.39, 0.29) is 30.5 Å². The Balaban J connectivity index is 1.47. The van der Waals surface area contributed by atoms with Gasteiger partial charge in [0.15, 0.2) is 0 Å². The molecule has 1 aliphatic carbocycles. The van der Waals surface area contributed by atoms with Crippen LogP contribution < -0.4 is 10.6 Å². The summed E-state index contributed by atoms with van der Waals surface area (Å²) in [5.41, 5.74) is 2.70. The number of aliphatic carboxylic acids is 1. The third-order valence-corrected chi connectivity index (χ3v) is 7.13. The van der Waals surface area contributed by atoms with Crippen molar-refractivity contribution >= 4 is 28.8 Å². The molecule has 1 saturated heterocycles. The molecule has 0 radical (unpaired) electrons. The van der Waals surface area contributed by atoms with Crippen LogP contribution in [0.3, 0.4) is 0 Å². The number of nitrogens with one attached hydrogen (secondary N) is 3. The number of nitrogens with zero attached hydrogens (tertiary/aromatic N) is 1. The maximum Gasteiger partial charge on any atom is 0.326 e. The lowest BCUT2D eigenvalue weighted by molar-refractivity contribution is -0.142. The summed E-state index contributed by atoms with van der Waals surface area (Å²) in [7, 11) is 0. The van der Waals surface area contributed by atoms with Gasteiger partial charge in [-0.1, -0.05) is 18.2 Å². The van der Waals surface area contributed by atoms with Crippen molar-refractivity contribution in [2.75, 3.05) is 0 Å². The first kappa shape index (κ1) is 23.1. The van der Waals surface area contributed by atoms with Gasteiger partial charge in [0.25, 0.3) is 0 Å². The first-order valence-corrected chi connectivity index (χ1v) is 11.9. The van der Waals surface area contributed by atoms with Crippen LogP contribution in [-0.2, 0) is 16.0 Å². The van der Waals surface area contributed by atoms with Gasteiger partial charge in [0, 0.05) is 35.1 Å². The van der Waals surface area contributed by atoms with Crippen molar-refractivity contribution in [3.63, 3.8) is 0 Å². The van der Waals surface area contributed by atoms with Gasteiger partial charge in [0.1, 0.15) is 12.1 Å². The number of urea groups is 1. The molecule has 8 heteroatoms. The number of rotatable bonds is 7. The van der Waals surface area contributed by atoms with E-state index in [4.69, 9.17) is 0 Å². The first-order chi connectivity index (χ1) is 15.8. The fourth-order valence-electron chi connectivity index (χ4n) is 5.12. The third-order valence-electron chi connectivity index (χ3n) is 7.13. The normalized spacial score (nSPS) is 22.6. The molecule has 178 valence electrons. The summed E-state index contributed by atoms with van der Waals surface area (Å²) in [4.78, 5) is 43.4. The van der Waals surface area contributed by atoms with Crippen LogP contribution in [0.15, 0.2) is 24.3 Å². The van der Waals surface area contributed by atoms with Crippen molar-refractivity contribution in [1.29, 1.82) is 0 Å². The van der Waals surface area contributed by atoms with Gasteiger partial charge in [-0.3, -0.25) is 4.79 Å². The molecule has 1 saturated carbocycles. The zero-order valence-electron chi connectivity index (χ0n) is 19.6. The molecule has 1 aromatic carbocycles. The number of hydrogen-bond acceptors (Lipinski definition) is 3. The fourth-order valence-corrected chi connectivity index (χ4v) is 5.12. The standard InChI is InChI=1S/C25H34N4O4/c1-14-7-6-8-15(2)29(14)25(33)28-22(17-11-12-17)23(30)27-21(24(31)32)13-19-16(3)26-20-10-5-4-9-18(19)20/h4-5,9-10,14-15,17,21-22,26H,6-8,11-13H2,1-3H3,(H,27,30)(H,28,33)(H,31,32)/t14-,15+,21-,22?/m1/s1. The van der Waals surface area contributed by atoms with E-state index in [1.54, 1.807) is 0 Å². The average molecular weight is 455 g/mol. The Hall–Kier alpha value is -3.03. The molecule has 33 heavy (non-hydrogen) atoms. The van der Waals surface area contributed by atoms with E-state index in [0.717, 1.165) is 54.3 Å². The highest BCUT2D eigenvalue weighted by molar-refractivity contribution is 5.91. The first-order valence-electron chi connectivity index (χ1n) is 11.9. The molecule has 8 nitrogen and oxygen atoms in total. The predicted octanol–water partition coefficient (Wildman–Crippen LogP) is 3.34. The van der Waals surface area contributed by atoms with Gasteiger partial charge in [-0.2, -0.15) is 0 Å². The third kappa shape index (κ3) is 4.99. The van der Waals surface area contributed by atoms with Crippen molar-refractivity contribution in [3.8, 4) is 0 Å². The maximum atomic E-state index is 13.2. The number of fused-ring (bicyclic) bond motifs is 1. The summed E-state index contributed by atoms with van der Waals surface area (Å²) in [6.45, 7) is 5.97. The van der Waals surface area contributed by atoms with Crippen LogP contribution in [0.5, 0.6) is 0 Å². The number of carbonyl (C=O) groups excluding carboxylic acids is 2. The number of piperidine rings is 1. The summed E-state index contributed by atoms with van der Waals surface area (Å²) in [6, 6.07) is 5.93. The molecule has 4 rings (SSSR count). The average Bonchev–Trinajstić information content (AvgIpc) is 3.55. The van der Waals surface area contributed by atoms with Crippen molar-refractivity contribution < 1.29 is 19.5 Å². The molecule has 0 spiro atoms. The number of amides is 3. The Kier molecular flexibility index (Phi) is 6.63. The van der Waals surface area contributed by atoms with Crippen LogP contribution in [0.1, 0.15) is 57.2 Å². The number of carbonyl (C=O) groups is 3. The number of benzene rings is 1. The zero-order valence-corrected chi connectivity index (χ0v) is 19.6. The van der Waals surface area contributed by atoms with Crippen LogP contribution in [0.2, 0.25) is 0 Å². The Labute approximate surface area is 194 Å². The van der Waals surface area contributed by atoms with Crippen molar-refractivity contribution in [2.24, 2.45) is 5.92 Å². The number of likely N-dealkylation sites (tertiary alicyclic amines) is 1. The number of aromatic nitrogens is 1. The lowest BCUT2D eigenvalue weighted by Crippen LogP contribution is -2.58. The van der Waals surface area contributed by atoms with Gasteiger partial charge in [-0.05, 0) is 70.4 Å². The summed E-state index contributed by atoms with van der Waals surface area (Å²) < 4.78 is 0. The summed E-state index contributed by atoms with van der Waals surface area (Å²) >= 11 is 0. The molecule has 4 atom stereocenters. The molecule has 1 unspecified atom stereocenters. The lowest BCUT2D eigenvalue weighted by atomic mass is 9.98. The summed E-state index contributed by atoms with van der Waals surface area (Å²) in [6.07, 6.45) is 4.85. The highest BCUT2D eigenvalue weighted by Crippen LogP contribution is 2.33.